The highest BCUT2D eigenvalue weighted by Crippen LogP contribution is 2.09. The number of hydrogen-bond donors (Lipinski definition) is 2. The zero-order valence-corrected chi connectivity index (χ0v) is 14.4. The van der Waals surface area contributed by atoms with Crippen molar-refractivity contribution in [2.45, 2.75) is 51.4 Å². The molecule has 0 unspecified atom stereocenters. The van der Waals surface area contributed by atoms with Crippen molar-refractivity contribution in [1.82, 2.24) is 10.6 Å². The minimum absolute atomic E-state index is 0.0628. The maximum absolute atomic E-state index is 11.8. The molecule has 0 radical (unpaired) electrons. The number of rotatable bonds is 9. The highest BCUT2D eigenvalue weighted by Gasteiger charge is 2.06. The van der Waals surface area contributed by atoms with E-state index in [4.69, 9.17) is 0 Å². The van der Waals surface area contributed by atoms with E-state index in [1.165, 1.54) is 11.1 Å². The third-order valence-electron chi connectivity index (χ3n) is 4.18. The van der Waals surface area contributed by atoms with E-state index >= 15 is 0 Å². The van der Waals surface area contributed by atoms with E-state index in [1.807, 2.05) is 0 Å². The smallest absolute Gasteiger partial charge is 0.220 e. The van der Waals surface area contributed by atoms with Crippen LogP contribution < -0.4 is 10.6 Å². The van der Waals surface area contributed by atoms with Gasteiger partial charge in [-0.2, -0.15) is 0 Å². The predicted octanol–water partition coefficient (Wildman–Crippen LogP) is 3.33. The van der Waals surface area contributed by atoms with Crippen molar-refractivity contribution in [3.05, 3.63) is 47.6 Å². The van der Waals surface area contributed by atoms with E-state index in [9.17, 15) is 9.59 Å². The topological polar surface area (TPSA) is 58.2 Å². The van der Waals surface area contributed by atoms with E-state index in [0.717, 1.165) is 38.5 Å². The molecular formula is C20H28N2O2. The Hall–Kier alpha value is -2.10. The molecule has 0 saturated heterocycles. The molecular weight excluding hydrogens is 300 g/mol. The van der Waals surface area contributed by atoms with Gasteiger partial charge in [0.25, 0.3) is 0 Å². The van der Waals surface area contributed by atoms with Crippen LogP contribution in [0.4, 0.5) is 0 Å². The standard InChI is InChI=1S/C20H28N2O2/c23-19(21-15-17-9-3-1-4-10-17)13-7-8-14-20(24)22-16-18-11-5-2-6-12-18/h3,5,9-12H,1-2,4,6-8,13-16H2,(H,21,23)(H,22,24). The zero-order chi connectivity index (χ0) is 17.0. The molecule has 0 aromatic carbocycles. The average molecular weight is 328 g/mol. The molecule has 0 saturated carbocycles. The number of nitrogens with one attached hydrogen (secondary N) is 2. The Morgan fingerprint density at radius 3 is 1.58 bits per heavy atom. The van der Waals surface area contributed by atoms with Gasteiger partial charge in [0, 0.05) is 25.9 Å². The van der Waals surface area contributed by atoms with Gasteiger partial charge in [-0.15, -0.1) is 0 Å². The van der Waals surface area contributed by atoms with Crippen LogP contribution in [-0.4, -0.2) is 24.9 Å². The van der Waals surface area contributed by atoms with Crippen LogP contribution >= 0.6 is 0 Å². The molecule has 0 heterocycles. The lowest BCUT2D eigenvalue weighted by Gasteiger charge is -2.09. The summed E-state index contributed by atoms with van der Waals surface area (Å²) in [5.74, 6) is 0.126. The van der Waals surface area contributed by atoms with Crippen LogP contribution in [0.1, 0.15) is 51.4 Å². The van der Waals surface area contributed by atoms with E-state index in [-0.39, 0.29) is 11.8 Å². The highest BCUT2D eigenvalue weighted by molar-refractivity contribution is 5.77. The van der Waals surface area contributed by atoms with Crippen molar-refractivity contribution < 1.29 is 9.59 Å². The molecule has 2 amide bonds. The Morgan fingerprint density at radius 1 is 0.750 bits per heavy atom. The normalized spacial score (nSPS) is 16.3. The van der Waals surface area contributed by atoms with Crippen LogP contribution in [0.5, 0.6) is 0 Å². The van der Waals surface area contributed by atoms with Gasteiger partial charge < -0.3 is 10.6 Å². The fraction of sp³-hybridized carbons (Fsp3) is 0.500. The molecule has 24 heavy (non-hydrogen) atoms. The van der Waals surface area contributed by atoms with Gasteiger partial charge in [-0.05, 0) is 49.7 Å². The fourth-order valence-electron chi connectivity index (χ4n) is 2.75. The first kappa shape index (κ1) is 18.2. The summed E-state index contributed by atoms with van der Waals surface area (Å²) in [5.41, 5.74) is 2.36. The van der Waals surface area contributed by atoms with Crippen LogP contribution in [-0.2, 0) is 9.59 Å². The molecule has 0 bridgehead atoms. The number of allylic oxidation sites excluding steroid dienone is 4. The Kier molecular flexibility index (Phi) is 8.08. The molecule has 4 nitrogen and oxygen atoms in total. The number of carbonyl (C=O) groups is 2. The van der Waals surface area contributed by atoms with Gasteiger partial charge in [0.05, 0.1) is 0 Å². The van der Waals surface area contributed by atoms with Crippen LogP contribution in [0.25, 0.3) is 0 Å². The summed E-state index contributed by atoms with van der Waals surface area (Å²) < 4.78 is 0. The van der Waals surface area contributed by atoms with Gasteiger partial charge in [-0.25, -0.2) is 0 Å². The first-order valence-corrected chi connectivity index (χ1v) is 8.98. The number of amides is 2. The second-order valence-electron chi connectivity index (χ2n) is 6.28. The molecule has 130 valence electrons. The van der Waals surface area contributed by atoms with E-state index in [0.29, 0.717) is 25.9 Å². The highest BCUT2D eigenvalue weighted by atomic mass is 16.2. The summed E-state index contributed by atoms with van der Waals surface area (Å²) >= 11 is 0. The fourth-order valence-corrected chi connectivity index (χ4v) is 2.75. The van der Waals surface area contributed by atoms with Crippen molar-refractivity contribution in [2.75, 3.05) is 13.1 Å². The molecule has 0 aromatic heterocycles. The lowest BCUT2D eigenvalue weighted by molar-refractivity contribution is -0.122. The Balaban J connectivity index is 1.49. The van der Waals surface area contributed by atoms with Gasteiger partial charge >= 0.3 is 0 Å². The summed E-state index contributed by atoms with van der Waals surface area (Å²) in [6.45, 7) is 1.22. The summed E-state index contributed by atoms with van der Waals surface area (Å²) in [6.07, 6.45) is 19.5. The maximum Gasteiger partial charge on any atom is 0.220 e. The molecule has 0 fully saturated rings. The first-order chi connectivity index (χ1) is 11.7. The second kappa shape index (κ2) is 10.6. The molecule has 0 aliphatic heterocycles. The molecule has 0 aromatic rings. The van der Waals surface area contributed by atoms with Gasteiger partial charge in [-0.3, -0.25) is 9.59 Å². The molecule has 0 spiro atoms. The summed E-state index contributed by atoms with van der Waals surface area (Å²) in [4.78, 5) is 23.6. The Morgan fingerprint density at radius 2 is 1.21 bits per heavy atom. The van der Waals surface area contributed by atoms with Gasteiger partial charge in [-0.1, -0.05) is 36.5 Å². The number of hydrogen-bond acceptors (Lipinski definition) is 2. The van der Waals surface area contributed by atoms with Crippen LogP contribution in [0, 0.1) is 0 Å². The Labute approximate surface area is 144 Å². The second-order valence-corrected chi connectivity index (χ2v) is 6.28. The summed E-state index contributed by atoms with van der Waals surface area (Å²) in [7, 11) is 0. The van der Waals surface area contributed by atoms with Gasteiger partial charge in [0.1, 0.15) is 0 Å². The number of carbonyl (C=O) groups excluding carboxylic acids is 2. The van der Waals surface area contributed by atoms with Gasteiger partial charge in [0.2, 0.25) is 11.8 Å². The molecule has 2 N–H and O–H groups in total. The largest absolute Gasteiger partial charge is 0.352 e. The summed E-state index contributed by atoms with van der Waals surface area (Å²) in [6, 6.07) is 0. The van der Waals surface area contributed by atoms with Crippen molar-refractivity contribution >= 4 is 11.8 Å². The predicted molar refractivity (Wildman–Crippen MR) is 97.4 cm³/mol. The third kappa shape index (κ3) is 7.44. The van der Waals surface area contributed by atoms with E-state index in [1.54, 1.807) is 0 Å². The summed E-state index contributed by atoms with van der Waals surface area (Å²) in [5, 5.41) is 5.87. The average Bonchev–Trinajstić information content (AvgIpc) is 2.63. The van der Waals surface area contributed by atoms with Crippen LogP contribution in [0.3, 0.4) is 0 Å². The van der Waals surface area contributed by atoms with E-state index in [2.05, 4.69) is 47.1 Å². The first-order valence-electron chi connectivity index (χ1n) is 8.98. The SMILES string of the molecule is O=C(CCCCC(=O)NCC1=CCCC=C1)NCC1=CCCC=C1. The molecule has 2 aliphatic carbocycles. The maximum atomic E-state index is 11.8. The number of unbranched alkanes of at least 4 members (excludes halogenated alkanes) is 1. The van der Waals surface area contributed by atoms with Gasteiger partial charge in [0.15, 0.2) is 0 Å². The van der Waals surface area contributed by atoms with Crippen molar-refractivity contribution in [2.24, 2.45) is 0 Å². The van der Waals surface area contributed by atoms with Crippen molar-refractivity contribution in [3.63, 3.8) is 0 Å². The minimum atomic E-state index is 0.0628. The third-order valence-corrected chi connectivity index (χ3v) is 4.18. The van der Waals surface area contributed by atoms with Crippen LogP contribution in [0.15, 0.2) is 47.6 Å². The van der Waals surface area contributed by atoms with Crippen LogP contribution in [0.2, 0.25) is 0 Å². The van der Waals surface area contributed by atoms with Crippen molar-refractivity contribution in [1.29, 1.82) is 0 Å². The Bertz CT molecular complexity index is 506. The monoisotopic (exact) mass is 328 g/mol. The van der Waals surface area contributed by atoms with E-state index < -0.39 is 0 Å². The lowest BCUT2D eigenvalue weighted by Crippen LogP contribution is -2.26. The van der Waals surface area contributed by atoms with Crippen molar-refractivity contribution in [3.8, 4) is 0 Å². The minimum Gasteiger partial charge on any atom is -0.352 e. The molecule has 0 atom stereocenters. The zero-order valence-electron chi connectivity index (χ0n) is 14.4. The quantitative estimate of drug-likeness (QED) is 0.638. The molecule has 2 aliphatic rings. The lowest BCUT2D eigenvalue weighted by atomic mass is 10.1. The molecule has 2 rings (SSSR count). The molecule has 4 heteroatoms.